The van der Waals surface area contributed by atoms with Crippen molar-refractivity contribution in [2.75, 3.05) is 32.1 Å². The lowest BCUT2D eigenvalue weighted by Crippen LogP contribution is -2.38. The van der Waals surface area contributed by atoms with Crippen molar-refractivity contribution in [3.63, 3.8) is 0 Å². The fourth-order valence-electron chi connectivity index (χ4n) is 4.10. The second kappa shape index (κ2) is 9.47. The molecular formula is C25H26N4O5S. The van der Waals surface area contributed by atoms with Gasteiger partial charge in [0.25, 0.3) is 11.6 Å². The lowest BCUT2D eigenvalue weighted by atomic mass is 10.1. The Morgan fingerprint density at radius 1 is 0.943 bits per heavy atom. The Balaban J connectivity index is 1.75. The minimum absolute atomic E-state index is 0.120. The maximum atomic E-state index is 13.6. The molecule has 0 radical (unpaired) electrons. The van der Waals surface area contributed by atoms with Crippen molar-refractivity contribution in [3.8, 4) is 0 Å². The van der Waals surface area contributed by atoms with Gasteiger partial charge in [-0.3, -0.25) is 14.9 Å². The molecule has 182 valence electrons. The molecule has 1 amide bonds. The van der Waals surface area contributed by atoms with Crippen LogP contribution in [-0.4, -0.2) is 55.6 Å². The first-order valence-corrected chi connectivity index (χ1v) is 12.4. The third-order valence-electron chi connectivity index (χ3n) is 6.05. The lowest BCUT2D eigenvalue weighted by Gasteiger charge is -2.30. The summed E-state index contributed by atoms with van der Waals surface area (Å²) in [7, 11) is -0.0943. The van der Waals surface area contributed by atoms with Gasteiger partial charge < -0.3 is 9.80 Å². The molecule has 1 aliphatic heterocycles. The number of amides is 1. The molecule has 1 saturated heterocycles. The van der Waals surface area contributed by atoms with Gasteiger partial charge in [0.15, 0.2) is 0 Å². The van der Waals surface area contributed by atoms with Gasteiger partial charge in [0.2, 0.25) is 10.0 Å². The Kier molecular flexibility index (Phi) is 6.60. The number of non-ortho nitro benzene ring substituents is 1. The van der Waals surface area contributed by atoms with E-state index in [4.69, 9.17) is 0 Å². The molecule has 0 aromatic heterocycles. The average molecular weight is 495 g/mol. The van der Waals surface area contributed by atoms with Crippen LogP contribution in [0.15, 0.2) is 77.7 Å². The molecular weight excluding hydrogens is 468 g/mol. The van der Waals surface area contributed by atoms with Gasteiger partial charge in [-0.1, -0.05) is 29.8 Å². The molecule has 0 unspecified atom stereocenters. The first-order valence-electron chi connectivity index (χ1n) is 11.0. The van der Waals surface area contributed by atoms with Gasteiger partial charge >= 0.3 is 0 Å². The van der Waals surface area contributed by atoms with Crippen LogP contribution in [0.25, 0.3) is 0 Å². The first-order chi connectivity index (χ1) is 16.6. The molecule has 9 nitrogen and oxygen atoms in total. The van der Waals surface area contributed by atoms with Crippen LogP contribution in [0.3, 0.4) is 0 Å². The maximum absolute atomic E-state index is 13.6. The zero-order valence-corrected chi connectivity index (χ0v) is 20.5. The van der Waals surface area contributed by atoms with Crippen LogP contribution in [0, 0.1) is 17.0 Å². The number of rotatable bonds is 6. The summed E-state index contributed by atoms with van der Waals surface area (Å²) in [4.78, 5) is 27.5. The van der Waals surface area contributed by atoms with Crippen LogP contribution in [-0.2, 0) is 10.0 Å². The molecule has 3 aromatic carbocycles. The summed E-state index contributed by atoms with van der Waals surface area (Å²) >= 11 is 0. The molecule has 1 fully saturated rings. The Labute approximate surface area is 204 Å². The predicted molar refractivity (Wildman–Crippen MR) is 133 cm³/mol. The van der Waals surface area contributed by atoms with E-state index in [1.165, 1.54) is 33.5 Å². The highest BCUT2D eigenvalue weighted by Crippen LogP contribution is 2.36. The normalized spacial score (nSPS) is 16.3. The third-order valence-corrected chi connectivity index (χ3v) is 7.92. The van der Waals surface area contributed by atoms with Gasteiger partial charge in [0.05, 0.1) is 9.82 Å². The number of carbonyl (C=O) groups excluding carboxylic acids is 1. The fourth-order valence-corrected chi connectivity index (χ4v) is 5.67. The van der Waals surface area contributed by atoms with Crippen molar-refractivity contribution in [2.45, 2.75) is 18.0 Å². The summed E-state index contributed by atoms with van der Waals surface area (Å²) in [6.07, 6.45) is -0.861. The third kappa shape index (κ3) is 4.75. The van der Waals surface area contributed by atoms with Gasteiger partial charge in [-0.25, -0.2) is 8.42 Å². The lowest BCUT2D eigenvalue weighted by molar-refractivity contribution is -0.384. The van der Waals surface area contributed by atoms with E-state index < -0.39 is 27.0 Å². The van der Waals surface area contributed by atoms with Crippen LogP contribution in [0.1, 0.15) is 27.7 Å². The molecule has 0 bridgehead atoms. The van der Waals surface area contributed by atoms with E-state index in [1.807, 2.05) is 50.2 Å². The quantitative estimate of drug-likeness (QED) is 0.381. The Morgan fingerprint density at radius 3 is 2.09 bits per heavy atom. The van der Waals surface area contributed by atoms with E-state index in [1.54, 1.807) is 24.3 Å². The van der Waals surface area contributed by atoms with Gasteiger partial charge in [-0.15, -0.1) is 0 Å². The molecule has 1 atom stereocenters. The summed E-state index contributed by atoms with van der Waals surface area (Å²) in [5.74, 6) is -0.400. The smallest absolute Gasteiger partial charge is 0.269 e. The van der Waals surface area contributed by atoms with E-state index in [2.05, 4.69) is 0 Å². The summed E-state index contributed by atoms with van der Waals surface area (Å²) < 4.78 is 28.6. The summed E-state index contributed by atoms with van der Waals surface area (Å²) in [5.41, 5.74) is 2.66. The maximum Gasteiger partial charge on any atom is 0.269 e. The second-order valence-corrected chi connectivity index (χ2v) is 10.5. The Morgan fingerprint density at radius 2 is 1.54 bits per heavy atom. The topological polar surface area (TPSA) is 104 Å². The minimum Gasteiger partial charge on any atom is -0.378 e. The second-order valence-electron chi connectivity index (χ2n) is 8.59. The number of hydrogen-bond acceptors (Lipinski definition) is 6. The van der Waals surface area contributed by atoms with Crippen molar-refractivity contribution >= 4 is 27.3 Å². The fraction of sp³-hybridized carbons (Fsp3) is 0.240. The number of sulfonamides is 1. The largest absolute Gasteiger partial charge is 0.378 e. The van der Waals surface area contributed by atoms with Crippen molar-refractivity contribution in [1.82, 2.24) is 9.21 Å². The van der Waals surface area contributed by atoms with Gasteiger partial charge in [-0.2, -0.15) is 4.31 Å². The Bertz CT molecular complexity index is 1340. The van der Waals surface area contributed by atoms with Gasteiger partial charge in [0, 0.05) is 50.6 Å². The number of aryl methyl sites for hydroxylation is 1. The summed E-state index contributed by atoms with van der Waals surface area (Å²) in [5, 5.41) is 11.0. The molecule has 0 saturated carbocycles. The summed E-state index contributed by atoms with van der Waals surface area (Å²) in [6, 6.07) is 19.3. The minimum atomic E-state index is -3.91. The van der Waals surface area contributed by atoms with Crippen molar-refractivity contribution in [3.05, 3.63) is 99.6 Å². The highest BCUT2D eigenvalue weighted by atomic mass is 32.2. The zero-order chi connectivity index (χ0) is 25.3. The molecule has 10 heteroatoms. The number of nitro groups is 1. The number of anilines is 1. The van der Waals surface area contributed by atoms with Crippen LogP contribution in [0.4, 0.5) is 11.4 Å². The molecule has 35 heavy (non-hydrogen) atoms. The number of hydrogen-bond donors (Lipinski definition) is 0. The van der Waals surface area contributed by atoms with Crippen LogP contribution >= 0.6 is 0 Å². The van der Waals surface area contributed by atoms with Crippen molar-refractivity contribution < 1.29 is 18.1 Å². The van der Waals surface area contributed by atoms with Crippen molar-refractivity contribution in [1.29, 1.82) is 0 Å². The average Bonchev–Trinajstić information content (AvgIpc) is 3.30. The first kappa shape index (κ1) is 24.4. The molecule has 0 spiro atoms. The van der Waals surface area contributed by atoms with Gasteiger partial charge in [0.1, 0.15) is 6.17 Å². The highest BCUT2D eigenvalue weighted by molar-refractivity contribution is 7.89. The van der Waals surface area contributed by atoms with E-state index in [-0.39, 0.29) is 29.2 Å². The van der Waals surface area contributed by atoms with E-state index in [9.17, 15) is 23.3 Å². The van der Waals surface area contributed by atoms with E-state index in [0.717, 1.165) is 11.3 Å². The van der Waals surface area contributed by atoms with Crippen LogP contribution in [0.2, 0.25) is 0 Å². The molecule has 1 heterocycles. The van der Waals surface area contributed by atoms with E-state index >= 15 is 0 Å². The number of nitro benzene ring substituents is 1. The number of nitrogens with zero attached hydrogens (tertiary/aromatic N) is 4. The van der Waals surface area contributed by atoms with Gasteiger partial charge in [-0.05, 0) is 48.9 Å². The number of carbonyl (C=O) groups is 1. The predicted octanol–water partition coefficient (Wildman–Crippen LogP) is 3.81. The highest BCUT2D eigenvalue weighted by Gasteiger charge is 2.43. The van der Waals surface area contributed by atoms with E-state index in [0.29, 0.717) is 5.56 Å². The van der Waals surface area contributed by atoms with Crippen LogP contribution < -0.4 is 4.90 Å². The van der Waals surface area contributed by atoms with Crippen molar-refractivity contribution in [2.24, 2.45) is 0 Å². The molecule has 4 rings (SSSR count). The molecule has 3 aromatic rings. The summed E-state index contributed by atoms with van der Waals surface area (Å²) in [6.45, 7) is 2.18. The standard InChI is InChI=1S/C25H26N4O5S/c1-18-4-14-23(15-5-18)35(33,34)28-17-16-27(24(28)19-6-10-21(11-7-19)26(2)3)25(30)20-8-12-22(13-9-20)29(31)32/h4-15,24H,16-17H2,1-3H3/t24-/m1/s1. The molecule has 0 aliphatic carbocycles. The Hall–Kier alpha value is -3.76. The monoisotopic (exact) mass is 494 g/mol. The van der Waals surface area contributed by atoms with Crippen LogP contribution in [0.5, 0.6) is 0 Å². The SMILES string of the molecule is Cc1ccc(S(=O)(=O)N2CCN(C(=O)c3ccc([N+](=O)[O-])cc3)[C@H]2c2ccc(N(C)C)cc2)cc1. The number of benzene rings is 3. The zero-order valence-electron chi connectivity index (χ0n) is 19.7. The molecule has 1 aliphatic rings. The molecule has 0 N–H and O–H groups in total.